The molecular weight excluding hydrogens is 517 g/mol. The summed E-state index contributed by atoms with van der Waals surface area (Å²) in [6.07, 6.45) is 3.89. The molecular formula is C30H41Cl2N5O. The van der Waals surface area contributed by atoms with Gasteiger partial charge < -0.3 is 21.3 Å². The van der Waals surface area contributed by atoms with Crippen LogP contribution in [-0.2, 0) is 4.79 Å². The molecule has 2 fully saturated rings. The number of aliphatic imine (C=N–C) groups is 1. The van der Waals surface area contributed by atoms with Crippen molar-refractivity contribution in [3.63, 3.8) is 0 Å². The molecule has 1 saturated carbocycles. The van der Waals surface area contributed by atoms with Crippen LogP contribution in [0.4, 0.5) is 5.69 Å². The Morgan fingerprint density at radius 3 is 2.26 bits per heavy atom. The molecule has 1 amide bonds. The van der Waals surface area contributed by atoms with Gasteiger partial charge in [-0.1, -0.05) is 61.7 Å². The number of carbonyl (C=O) groups excluding carboxylic acids is 1. The highest BCUT2D eigenvalue weighted by molar-refractivity contribution is 6.35. The van der Waals surface area contributed by atoms with Crippen LogP contribution < -0.4 is 16.4 Å². The van der Waals surface area contributed by atoms with E-state index in [4.69, 9.17) is 33.9 Å². The van der Waals surface area contributed by atoms with Gasteiger partial charge in [-0.3, -0.25) is 4.79 Å². The highest BCUT2D eigenvalue weighted by Crippen LogP contribution is 2.35. The van der Waals surface area contributed by atoms with Crippen molar-refractivity contribution in [2.24, 2.45) is 22.6 Å². The van der Waals surface area contributed by atoms with E-state index in [9.17, 15) is 4.79 Å². The van der Waals surface area contributed by atoms with Crippen molar-refractivity contribution >= 4 is 40.8 Å². The minimum atomic E-state index is -0.379. The first kappa shape index (κ1) is 28.7. The Morgan fingerprint density at radius 1 is 1.05 bits per heavy atom. The van der Waals surface area contributed by atoms with Crippen LogP contribution >= 0.6 is 23.2 Å². The van der Waals surface area contributed by atoms with Gasteiger partial charge in [-0.05, 0) is 73.9 Å². The fourth-order valence-electron chi connectivity index (χ4n) is 6.07. The number of nitrogens with zero attached hydrogens (tertiary/aromatic N) is 2. The lowest BCUT2D eigenvalue weighted by molar-refractivity contribution is -0.118. The quantitative estimate of drug-likeness (QED) is 0.288. The van der Waals surface area contributed by atoms with Crippen LogP contribution in [0.15, 0.2) is 47.5 Å². The Labute approximate surface area is 237 Å². The molecule has 6 nitrogen and oxygen atoms in total. The number of anilines is 1. The molecule has 2 aliphatic rings. The second-order valence-electron chi connectivity index (χ2n) is 11.3. The number of rotatable bonds is 6. The molecule has 1 saturated heterocycles. The molecule has 5 unspecified atom stereocenters. The van der Waals surface area contributed by atoms with E-state index in [0.717, 1.165) is 35.9 Å². The summed E-state index contributed by atoms with van der Waals surface area (Å²) in [5.41, 5.74) is 8.38. The van der Waals surface area contributed by atoms with Crippen molar-refractivity contribution in [1.29, 1.82) is 0 Å². The van der Waals surface area contributed by atoms with E-state index in [2.05, 4.69) is 43.2 Å². The predicted molar refractivity (Wildman–Crippen MR) is 159 cm³/mol. The first-order valence-corrected chi connectivity index (χ1v) is 14.5. The predicted octanol–water partition coefficient (Wildman–Crippen LogP) is 6.28. The molecule has 4 N–H and O–H groups in total. The monoisotopic (exact) mass is 557 g/mol. The largest absolute Gasteiger partial charge is 0.370 e. The van der Waals surface area contributed by atoms with Gasteiger partial charge in [-0.2, -0.15) is 0 Å². The molecule has 1 aliphatic carbocycles. The van der Waals surface area contributed by atoms with Crippen LogP contribution in [0.25, 0.3) is 0 Å². The molecule has 4 rings (SSSR count). The van der Waals surface area contributed by atoms with Gasteiger partial charge in [-0.25, -0.2) is 4.99 Å². The molecule has 8 heteroatoms. The average molecular weight is 559 g/mol. The summed E-state index contributed by atoms with van der Waals surface area (Å²) < 4.78 is 0. The van der Waals surface area contributed by atoms with Crippen LogP contribution in [0.2, 0.25) is 10.0 Å². The number of hydrogen-bond donors (Lipinski definition) is 3. The van der Waals surface area contributed by atoms with Crippen LogP contribution in [0.5, 0.6) is 0 Å². The van der Waals surface area contributed by atoms with Crippen molar-refractivity contribution in [2.75, 3.05) is 18.4 Å². The van der Waals surface area contributed by atoms with Crippen LogP contribution in [0.3, 0.4) is 0 Å². The number of piperazine rings is 1. The van der Waals surface area contributed by atoms with Crippen LogP contribution in [0.1, 0.15) is 70.4 Å². The molecule has 5 atom stereocenters. The maximum Gasteiger partial charge on any atom is 0.218 e. The zero-order chi connectivity index (χ0) is 27.4. The summed E-state index contributed by atoms with van der Waals surface area (Å²) in [4.78, 5) is 19.7. The maximum atomic E-state index is 11.9. The standard InChI is InChI=1S/C30H41Cl2N5O/c1-18-6-5-7-19(2)29(18)36-30(37-16-20(3)34-21(4)17-37)35-24-11-8-22(9-12-24)26(15-28(33)38)25-13-10-23(31)14-27(25)32/h8-14,18-21,26,29,34H,5-7,15-17H2,1-4H3,(H2,33,38)(H,35,36). The Bertz CT molecular complexity index is 1120. The second kappa shape index (κ2) is 12.7. The van der Waals surface area contributed by atoms with Crippen molar-refractivity contribution in [1.82, 2.24) is 10.2 Å². The zero-order valence-electron chi connectivity index (χ0n) is 22.9. The number of hydrogen-bond acceptors (Lipinski definition) is 3. The van der Waals surface area contributed by atoms with Crippen LogP contribution in [0, 0.1) is 11.8 Å². The Kier molecular flexibility index (Phi) is 9.61. The van der Waals surface area contributed by atoms with Crippen molar-refractivity contribution in [3.8, 4) is 0 Å². The lowest BCUT2D eigenvalue weighted by Crippen LogP contribution is -2.57. The summed E-state index contributed by atoms with van der Waals surface area (Å²) in [5, 5.41) is 8.37. The van der Waals surface area contributed by atoms with Gasteiger partial charge in [0.1, 0.15) is 0 Å². The summed E-state index contributed by atoms with van der Waals surface area (Å²) in [7, 11) is 0. The Balaban J connectivity index is 1.62. The lowest BCUT2D eigenvalue weighted by atomic mass is 9.79. The first-order valence-electron chi connectivity index (χ1n) is 13.8. The van der Waals surface area contributed by atoms with Gasteiger partial charge in [0.05, 0.1) is 6.04 Å². The van der Waals surface area contributed by atoms with E-state index in [1.54, 1.807) is 12.1 Å². The normalized spacial score (nSPS) is 27.2. The molecule has 1 heterocycles. The van der Waals surface area contributed by atoms with Gasteiger partial charge in [0.15, 0.2) is 5.96 Å². The van der Waals surface area contributed by atoms with E-state index < -0.39 is 0 Å². The molecule has 2 aromatic carbocycles. The van der Waals surface area contributed by atoms with Gasteiger partial charge in [0.25, 0.3) is 0 Å². The minimum absolute atomic E-state index is 0.162. The number of guanidine groups is 1. The third-order valence-electron chi connectivity index (χ3n) is 7.93. The first-order chi connectivity index (χ1) is 18.1. The average Bonchev–Trinajstić information content (AvgIpc) is 2.84. The highest BCUT2D eigenvalue weighted by atomic mass is 35.5. The smallest absolute Gasteiger partial charge is 0.218 e. The summed E-state index contributed by atoms with van der Waals surface area (Å²) in [5.74, 6) is 1.44. The van der Waals surface area contributed by atoms with Gasteiger partial charge >= 0.3 is 0 Å². The maximum absolute atomic E-state index is 11.9. The molecule has 0 bridgehead atoms. The minimum Gasteiger partial charge on any atom is -0.370 e. The second-order valence-corrected chi connectivity index (χ2v) is 12.2. The van der Waals surface area contributed by atoms with Crippen LogP contribution in [-0.4, -0.2) is 48.0 Å². The summed E-state index contributed by atoms with van der Waals surface area (Å²) in [6, 6.07) is 14.6. The molecule has 0 spiro atoms. The zero-order valence-corrected chi connectivity index (χ0v) is 24.4. The summed E-state index contributed by atoms with van der Waals surface area (Å²) in [6.45, 7) is 10.9. The SMILES string of the molecule is CC1CN(C(=NC2C(C)CCCC2C)Nc2ccc(C(CC(N)=O)c3ccc(Cl)cc3Cl)cc2)CC(C)N1. The third kappa shape index (κ3) is 7.22. The number of carbonyl (C=O) groups is 1. The van der Waals surface area contributed by atoms with Gasteiger partial charge in [-0.15, -0.1) is 0 Å². The van der Waals surface area contributed by atoms with E-state index in [0.29, 0.717) is 40.0 Å². The van der Waals surface area contributed by atoms with E-state index in [1.165, 1.54) is 19.3 Å². The van der Waals surface area contributed by atoms with E-state index in [-0.39, 0.29) is 18.2 Å². The van der Waals surface area contributed by atoms with Crippen molar-refractivity contribution in [3.05, 3.63) is 63.6 Å². The van der Waals surface area contributed by atoms with Crippen molar-refractivity contribution in [2.45, 2.75) is 77.4 Å². The molecule has 2 aromatic rings. The van der Waals surface area contributed by atoms with Gasteiger partial charge in [0, 0.05) is 53.2 Å². The van der Waals surface area contributed by atoms with E-state index >= 15 is 0 Å². The lowest BCUT2D eigenvalue weighted by Gasteiger charge is -2.40. The molecule has 0 aromatic heterocycles. The fraction of sp³-hybridized carbons (Fsp3) is 0.533. The summed E-state index contributed by atoms with van der Waals surface area (Å²) >= 11 is 12.6. The third-order valence-corrected chi connectivity index (χ3v) is 8.49. The van der Waals surface area contributed by atoms with Crippen molar-refractivity contribution < 1.29 is 4.79 Å². The fourth-order valence-corrected chi connectivity index (χ4v) is 6.61. The Morgan fingerprint density at radius 2 is 1.68 bits per heavy atom. The number of benzene rings is 2. The number of primary amides is 1. The molecule has 206 valence electrons. The topological polar surface area (TPSA) is 82.8 Å². The number of nitrogens with two attached hydrogens (primary N) is 1. The number of halogens is 2. The molecule has 38 heavy (non-hydrogen) atoms. The molecule has 0 radical (unpaired) electrons. The number of nitrogens with one attached hydrogen (secondary N) is 2. The van der Waals surface area contributed by atoms with Gasteiger partial charge in [0.2, 0.25) is 5.91 Å². The Hall–Kier alpha value is -2.28. The van der Waals surface area contributed by atoms with E-state index in [1.807, 2.05) is 30.3 Å². The number of amides is 1. The highest BCUT2D eigenvalue weighted by Gasteiger charge is 2.30. The molecule has 1 aliphatic heterocycles.